The third-order valence-corrected chi connectivity index (χ3v) is 4.50. The summed E-state index contributed by atoms with van der Waals surface area (Å²) in [6, 6.07) is 6.07. The van der Waals surface area contributed by atoms with Gasteiger partial charge in [-0.2, -0.15) is 5.10 Å². The van der Waals surface area contributed by atoms with Crippen LogP contribution < -0.4 is 0 Å². The molecule has 1 aliphatic rings. The van der Waals surface area contributed by atoms with Gasteiger partial charge in [-0.1, -0.05) is 6.07 Å². The van der Waals surface area contributed by atoms with Crippen molar-refractivity contribution in [1.82, 2.24) is 29.6 Å². The summed E-state index contributed by atoms with van der Waals surface area (Å²) in [6.45, 7) is 3.19. The number of likely N-dealkylation sites (tertiary alicyclic amines) is 1. The molecule has 0 spiro atoms. The highest BCUT2D eigenvalue weighted by Crippen LogP contribution is 2.26. The molecule has 3 aromatic rings. The molecule has 6 heteroatoms. The largest absolute Gasteiger partial charge is 0.348 e. The van der Waals surface area contributed by atoms with Crippen molar-refractivity contribution in [2.24, 2.45) is 0 Å². The fraction of sp³-hybridized carbons (Fsp3) is 0.353. The minimum absolute atomic E-state index is 0.620. The van der Waals surface area contributed by atoms with E-state index in [2.05, 4.69) is 31.0 Å². The molecule has 1 saturated heterocycles. The van der Waals surface area contributed by atoms with E-state index in [0.717, 1.165) is 25.5 Å². The van der Waals surface area contributed by atoms with Crippen molar-refractivity contribution in [1.29, 1.82) is 0 Å². The third-order valence-electron chi connectivity index (χ3n) is 4.50. The van der Waals surface area contributed by atoms with Crippen LogP contribution in [0.5, 0.6) is 0 Å². The van der Waals surface area contributed by atoms with Crippen molar-refractivity contribution in [3.63, 3.8) is 0 Å². The highest BCUT2D eigenvalue weighted by atomic mass is 15.3. The molecule has 1 N–H and O–H groups in total. The minimum Gasteiger partial charge on any atom is -0.348 e. The van der Waals surface area contributed by atoms with Crippen LogP contribution in [0.3, 0.4) is 0 Å². The normalized spacial score (nSPS) is 16.7. The second-order valence-electron chi connectivity index (χ2n) is 6.03. The van der Waals surface area contributed by atoms with Crippen molar-refractivity contribution < 1.29 is 0 Å². The zero-order valence-corrected chi connectivity index (χ0v) is 13.0. The molecule has 1 aliphatic heterocycles. The molecule has 0 saturated carbocycles. The van der Waals surface area contributed by atoms with Crippen LogP contribution in [-0.4, -0.2) is 42.7 Å². The number of nitrogens with zero attached hydrogens (tertiary/aromatic N) is 5. The van der Waals surface area contributed by atoms with Gasteiger partial charge in [0, 0.05) is 42.9 Å². The Morgan fingerprint density at radius 1 is 1.17 bits per heavy atom. The maximum absolute atomic E-state index is 4.50. The quantitative estimate of drug-likeness (QED) is 0.804. The van der Waals surface area contributed by atoms with E-state index in [1.807, 2.05) is 30.7 Å². The molecule has 6 nitrogen and oxygen atoms in total. The van der Waals surface area contributed by atoms with E-state index in [-0.39, 0.29) is 0 Å². The van der Waals surface area contributed by atoms with Gasteiger partial charge in [0.25, 0.3) is 0 Å². The number of aromatic nitrogens is 5. The van der Waals surface area contributed by atoms with E-state index in [4.69, 9.17) is 0 Å². The molecular formula is C17H20N6. The number of pyridine rings is 1. The number of nitrogens with one attached hydrogen (secondary N) is 1. The molecule has 0 bridgehead atoms. The number of rotatable bonds is 4. The summed E-state index contributed by atoms with van der Waals surface area (Å²) >= 11 is 0. The Balaban J connectivity index is 1.34. The fourth-order valence-electron chi connectivity index (χ4n) is 3.20. The topological polar surface area (TPSA) is 62.6 Å². The summed E-state index contributed by atoms with van der Waals surface area (Å²) in [6.07, 6.45) is 11.7. The van der Waals surface area contributed by atoms with Gasteiger partial charge in [0.2, 0.25) is 0 Å². The molecular weight excluding hydrogens is 288 g/mol. The number of aromatic amines is 1. The van der Waals surface area contributed by atoms with Crippen LogP contribution in [0.2, 0.25) is 0 Å². The Kier molecular flexibility index (Phi) is 3.90. The van der Waals surface area contributed by atoms with Crippen LogP contribution in [0.25, 0.3) is 5.82 Å². The second-order valence-corrected chi connectivity index (χ2v) is 6.03. The van der Waals surface area contributed by atoms with E-state index < -0.39 is 0 Å². The molecule has 0 amide bonds. The van der Waals surface area contributed by atoms with Gasteiger partial charge in [0.05, 0.1) is 6.33 Å². The molecule has 1 fully saturated rings. The van der Waals surface area contributed by atoms with Crippen molar-refractivity contribution in [2.75, 3.05) is 13.1 Å². The Hall–Kier alpha value is -2.47. The predicted molar refractivity (Wildman–Crippen MR) is 87.2 cm³/mol. The Morgan fingerprint density at radius 2 is 2.09 bits per heavy atom. The predicted octanol–water partition coefficient (Wildman–Crippen LogP) is 2.37. The summed E-state index contributed by atoms with van der Waals surface area (Å²) < 4.78 is 1.78. The maximum atomic E-state index is 4.50. The highest BCUT2D eigenvalue weighted by Gasteiger charge is 2.21. The van der Waals surface area contributed by atoms with Crippen LogP contribution >= 0.6 is 0 Å². The molecule has 23 heavy (non-hydrogen) atoms. The van der Waals surface area contributed by atoms with Gasteiger partial charge in [0.15, 0.2) is 5.82 Å². The zero-order chi connectivity index (χ0) is 15.5. The lowest BCUT2D eigenvalue weighted by Crippen LogP contribution is -2.32. The molecule has 0 aliphatic carbocycles. The standard InChI is InChI=1S/C17H20N6/c1-6-21-23(7-1)17-3-2-14(10-19-17)12-22-8-4-15(5-9-22)16-11-18-13-20-16/h1-3,6-7,10-11,13,15H,4-5,8-9,12H2,(H,18,20). The fourth-order valence-corrected chi connectivity index (χ4v) is 3.20. The van der Waals surface area contributed by atoms with Crippen LogP contribution in [0, 0.1) is 0 Å². The molecule has 118 valence electrons. The number of imidazole rings is 1. The summed E-state index contributed by atoms with van der Waals surface area (Å²) in [5.74, 6) is 1.48. The molecule has 4 rings (SSSR count). The molecule has 0 radical (unpaired) electrons. The SMILES string of the molecule is c1cnn(-c2ccc(CN3CCC(c4cnc[nH]4)CC3)cn2)c1. The summed E-state index contributed by atoms with van der Waals surface area (Å²) in [7, 11) is 0. The second kappa shape index (κ2) is 6.34. The van der Waals surface area contributed by atoms with E-state index in [1.165, 1.54) is 24.1 Å². The van der Waals surface area contributed by atoms with E-state index >= 15 is 0 Å². The van der Waals surface area contributed by atoms with Crippen molar-refractivity contribution in [3.8, 4) is 5.82 Å². The van der Waals surface area contributed by atoms with Gasteiger partial charge < -0.3 is 4.98 Å². The number of piperidine rings is 1. The van der Waals surface area contributed by atoms with Gasteiger partial charge >= 0.3 is 0 Å². The Morgan fingerprint density at radius 3 is 2.74 bits per heavy atom. The van der Waals surface area contributed by atoms with Gasteiger partial charge in [-0.15, -0.1) is 0 Å². The maximum Gasteiger partial charge on any atom is 0.153 e. The van der Waals surface area contributed by atoms with E-state index in [1.54, 1.807) is 17.2 Å². The minimum atomic E-state index is 0.620. The average molecular weight is 308 g/mol. The highest BCUT2D eigenvalue weighted by molar-refractivity contribution is 5.24. The molecule has 0 atom stereocenters. The Labute approximate surface area is 135 Å². The van der Waals surface area contributed by atoms with E-state index in [0.29, 0.717) is 5.92 Å². The van der Waals surface area contributed by atoms with Crippen molar-refractivity contribution >= 4 is 0 Å². The molecule has 3 aromatic heterocycles. The number of hydrogen-bond donors (Lipinski definition) is 1. The Bertz CT molecular complexity index is 709. The smallest absolute Gasteiger partial charge is 0.153 e. The summed E-state index contributed by atoms with van der Waals surface area (Å²) in [4.78, 5) is 14.4. The average Bonchev–Trinajstić information content (AvgIpc) is 3.30. The number of H-pyrrole nitrogens is 1. The first kappa shape index (κ1) is 14.1. The van der Waals surface area contributed by atoms with Gasteiger partial charge in [-0.05, 0) is 43.6 Å². The van der Waals surface area contributed by atoms with Gasteiger partial charge in [0.1, 0.15) is 0 Å². The molecule has 0 aromatic carbocycles. The lowest BCUT2D eigenvalue weighted by Gasteiger charge is -2.31. The first-order valence-corrected chi connectivity index (χ1v) is 8.04. The third kappa shape index (κ3) is 3.17. The zero-order valence-electron chi connectivity index (χ0n) is 13.0. The monoisotopic (exact) mass is 308 g/mol. The molecule has 0 unspecified atom stereocenters. The van der Waals surface area contributed by atoms with Crippen molar-refractivity contribution in [2.45, 2.75) is 25.3 Å². The molecule has 4 heterocycles. The lowest BCUT2D eigenvalue weighted by molar-refractivity contribution is 0.203. The van der Waals surface area contributed by atoms with Crippen LogP contribution in [-0.2, 0) is 6.54 Å². The van der Waals surface area contributed by atoms with Crippen molar-refractivity contribution in [3.05, 3.63) is 60.6 Å². The summed E-state index contributed by atoms with van der Waals surface area (Å²) in [5, 5.41) is 4.20. The number of hydrogen-bond acceptors (Lipinski definition) is 4. The van der Waals surface area contributed by atoms with E-state index in [9.17, 15) is 0 Å². The van der Waals surface area contributed by atoms with Crippen LogP contribution in [0.1, 0.15) is 30.0 Å². The van der Waals surface area contributed by atoms with Crippen LogP contribution in [0.4, 0.5) is 0 Å². The first-order valence-electron chi connectivity index (χ1n) is 8.04. The lowest BCUT2D eigenvalue weighted by atomic mass is 9.94. The van der Waals surface area contributed by atoms with Crippen LogP contribution in [0.15, 0.2) is 49.3 Å². The van der Waals surface area contributed by atoms with Gasteiger partial charge in [-0.3, -0.25) is 4.90 Å². The van der Waals surface area contributed by atoms with Gasteiger partial charge in [-0.25, -0.2) is 14.6 Å². The first-order chi connectivity index (χ1) is 11.4. The summed E-state index contributed by atoms with van der Waals surface area (Å²) in [5.41, 5.74) is 2.52.